The van der Waals surface area contributed by atoms with Crippen LogP contribution in [0.2, 0.25) is 0 Å². The van der Waals surface area contributed by atoms with Crippen molar-refractivity contribution in [1.29, 1.82) is 0 Å². The highest BCUT2D eigenvalue weighted by molar-refractivity contribution is 5.76. The van der Waals surface area contributed by atoms with Gasteiger partial charge in [0.05, 0.1) is 18.1 Å². The number of methoxy groups -OCH3 is 1. The minimum absolute atomic E-state index is 0.0628. The van der Waals surface area contributed by atoms with E-state index in [1.165, 1.54) is 13.2 Å². The zero-order chi connectivity index (χ0) is 17.3. The Balaban J connectivity index is 2.14. The van der Waals surface area contributed by atoms with Crippen molar-refractivity contribution in [1.82, 2.24) is 4.98 Å². The van der Waals surface area contributed by atoms with Crippen molar-refractivity contribution in [2.75, 3.05) is 25.1 Å². The van der Waals surface area contributed by atoms with Crippen molar-refractivity contribution < 1.29 is 22.7 Å². The van der Waals surface area contributed by atoms with Crippen LogP contribution in [-0.2, 0) is 15.7 Å². The molecule has 0 N–H and O–H groups in total. The molecule has 2 heterocycles. The van der Waals surface area contributed by atoms with Gasteiger partial charge in [-0.05, 0) is 44.7 Å². The molecule has 0 aromatic carbocycles. The summed E-state index contributed by atoms with van der Waals surface area (Å²) in [6.45, 7) is 4.97. The quantitative estimate of drug-likeness (QED) is 0.796. The molecule has 4 nitrogen and oxygen atoms in total. The Morgan fingerprint density at radius 2 is 2.04 bits per heavy atom. The first-order valence-electron chi connectivity index (χ1n) is 7.53. The molecule has 0 saturated carbocycles. The zero-order valence-corrected chi connectivity index (χ0v) is 13.5. The highest BCUT2D eigenvalue weighted by atomic mass is 19.4. The molecule has 1 atom stereocenters. The average Bonchev–Trinajstić information content (AvgIpc) is 2.53. The fourth-order valence-corrected chi connectivity index (χ4v) is 2.94. The summed E-state index contributed by atoms with van der Waals surface area (Å²) in [7, 11) is 1.36. The summed E-state index contributed by atoms with van der Waals surface area (Å²) in [5, 5.41) is 0. The molecular weight excluding hydrogens is 309 g/mol. The van der Waals surface area contributed by atoms with Crippen LogP contribution in [0.3, 0.4) is 0 Å². The van der Waals surface area contributed by atoms with Gasteiger partial charge in [0.25, 0.3) is 0 Å². The van der Waals surface area contributed by atoms with Gasteiger partial charge in [-0.2, -0.15) is 13.2 Å². The fraction of sp³-hybridized carbons (Fsp3) is 0.625. The first-order chi connectivity index (χ1) is 10.7. The lowest BCUT2D eigenvalue weighted by atomic mass is 9.74. The maximum Gasteiger partial charge on any atom is 0.417 e. The van der Waals surface area contributed by atoms with Crippen LogP contribution in [0.5, 0.6) is 0 Å². The molecule has 1 aromatic heterocycles. The SMILES string of the molecule is COC(=O)C(C)(C)C1CCCN(c2ccc(C(F)(F)F)cn2)C1. The van der Waals surface area contributed by atoms with E-state index in [9.17, 15) is 18.0 Å². The van der Waals surface area contributed by atoms with E-state index in [-0.39, 0.29) is 11.9 Å². The number of nitrogens with zero attached hydrogens (tertiary/aromatic N) is 2. The Morgan fingerprint density at radius 1 is 1.35 bits per heavy atom. The van der Waals surface area contributed by atoms with Gasteiger partial charge in [-0.15, -0.1) is 0 Å². The maximum atomic E-state index is 12.6. The van der Waals surface area contributed by atoms with E-state index in [1.807, 2.05) is 18.7 Å². The summed E-state index contributed by atoms with van der Waals surface area (Å²) in [6.07, 6.45) is -1.81. The highest BCUT2D eigenvalue weighted by Gasteiger charge is 2.40. The van der Waals surface area contributed by atoms with E-state index in [0.29, 0.717) is 18.9 Å². The molecule has 0 radical (unpaired) electrons. The zero-order valence-electron chi connectivity index (χ0n) is 13.5. The summed E-state index contributed by atoms with van der Waals surface area (Å²) >= 11 is 0. The van der Waals surface area contributed by atoms with Crippen LogP contribution in [0.4, 0.5) is 19.0 Å². The molecule has 1 unspecified atom stereocenters. The average molecular weight is 330 g/mol. The third kappa shape index (κ3) is 3.76. The lowest BCUT2D eigenvalue weighted by Gasteiger charge is -2.40. The lowest BCUT2D eigenvalue weighted by molar-refractivity contribution is -0.154. The molecule has 23 heavy (non-hydrogen) atoms. The number of rotatable bonds is 3. The number of piperidine rings is 1. The molecule has 1 aliphatic heterocycles. The van der Waals surface area contributed by atoms with E-state index < -0.39 is 17.2 Å². The molecule has 1 aliphatic rings. The number of pyridine rings is 1. The van der Waals surface area contributed by atoms with Crippen molar-refractivity contribution in [2.45, 2.75) is 32.9 Å². The third-order valence-electron chi connectivity index (χ3n) is 4.55. The second-order valence-electron chi connectivity index (χ2n) is 6.40. The van der Waals surface area contributed by atoms with Crippen LogP contribution >= 0.6 is 0 Å². The Kier molecular flexibility index (Phi) is 4.87. The summed E-state index contributed by atoms with van der Waals surface area (Å²) in [6, 6.07) is 2.42. The Bertz CT molecular complexity index is 555. The molecule has 0 aliphatic carbocycles. The predicted molar refractivity (Wildman–Crippen MR) is 80.0 cm³/mol. The first-order valence-corrected chi connectivity index (χ1v) is 7.53. The van der Waals surface area contributed by atoms with Crippen molar-refractivity contribution in [3.63, 3.8) is 0 Å². The van der Waals surface area contributed by atoms with E-state index in [2.05, 4.69) is 4.98 Å². The standard InChI is InChI=1S/C16H21F3N2O2/c1-15(2,14(22)23-3)12-5-4-8-21(10-12)13-7-6-11(9-20-13)16(17,18)19/h6-7,9,12H,4-5,8,10H2,1-3H3. The van der Waals surface area contributed by atoms with Gasteiger partial charge >= 0.3 is 12.1 Å². The fourth-order valence-electron chi connectivity index (χ4n) is 2.94. The van der Waals surface area contributed by atoms with Gasteiger partial charge in [-0.3, -0.25) is 4.79 Å². The van der Waals surface area contributed by atoms with Crippen LogP contribution in [0.1, 0.15) is 32.3 Å². The van der Waals surface area contributed by atoms with Crippen molar-refractivity contribution in [3.05, 3.63) is 23.9 Å². The van der Waals surface area contributed by atoms with Crippen LogP contribution < -0.4 is 4.90 Å². The van der Waals surface area contributed by atoms with E-state index in [4.69, 9.17) is 4.74 Å². The number of hydrogen-bond donors (Lipinski definition) is 0. The number of halogens is 3. The summed E-state index contributed by atoms with van der Waals surface area (Å²) in [4.78, 5) is 17.8. The second-order valence-corrected chi connectivity index (χ2v) is 6.40. The van der Waals surface area contributed by atoms with Gasteiger partial charge < -0.3 is 9.64 Å². The molecule has 7 heteroatoms. The van der Waals surface area contributed by atoms with E-state index in [0.717, 1.165) is 25.1 Å². The smallest absolute Gasteiger partial charge is 0.417 e. The molecular formula is C16H21F3N2O2. The van der Waals surface area contributed by atoms with Crippen LogP contribution in [-0.4, -0.2) is 31.2 Å². The minimum atomic E-state index is -4.39. The monoisotopic (exact) mass is 330 g/mol. The molecule has 128 valence electrons. The van der Waals surface area contributed by atoms with Crippen molar-refractivity contribution in [3.8, 4) is 0 Å². The predicted octanol–water partition coefficient (Wildman–Crippen LogP) is 3.52. The Labute approximate surface area is 133 Å². The van der Waals surface area contributed by atoms with Crippen LogP contribution in [0.15, 0.2) is 18.3 Å². The topological polar surface area (TPSA) is 42.4 Å². The van der Waals surface area contributed by atoms with Gasteiger partial charge in [-0.25, -0.2) is 4.98 Å². The number of esters is 1. The lowest BCUT2D eigenvalue weighted by Crippen LogP contribution is -2.45. The molecule has 0 amide bonds. The van der Waals surface area contributed by atoms with Gasteiger partial charge in [0.2, 0.25) is 0 Å². The first kappa shape index (κ1) is 17.6. The molecule has 1 saturated heterocycles. The molecule has 1 fully saturated rings. The number of anilines is 1. The number of ether oxygens (including phenoxy) is 1. The second kappa shape index (κ2) is 6.37. The third-order valence-corrected chi connectivity index (χ3v) is 4.55. The number of carbonyl (C=O) groups is 1. The summed E-state index contributed by atoms with van der Waals surface area (Å²) < 4.78 is 42.7. The highest BCUT2D eigenvalue weighted by Crippen LogP contribution is 2.36. The Hall–Kier alpha value is -1.79. The van der Waals surface area contributed by atoms with Crippen molar-refractivity contribution in [2.24, 2.45) is 11.3 Å². The van der Waals surface area contributed by atoms with Crippen LogP contribution in [0, 0.1) is 11.3 Å². The van der Waals surface area contributed by atoms with Gasteiger partial charge in [0.15, 0.2) is 0 Å². The number of carbonyl (C=O) groups excluding carboxylic acids is 1. The largest absolute Gasteiger partial charge is 0.469 e. The molecule has 0 spiro atoms. The molecule has 2 rings (SSSR count). The molecule has 0 bridgehead atoms. The number of aromatic nitrogens is 1. The van der Waals surface area contributed by atoms with E-state index in [1.54, 1.807) is 0 Å². The number of alkyl halides is 3. The minimum Gasteiger partial charge on any atom is -0.469 e. The van der Waals surface area contributed by atoms with E-state index >= 15 is 0 Å². The summed E-state index contributed by atoms with van der Waals surface area (Å²) in [5.74, 6) is 0.292. The normalized spacial score (nSPS) is 19.6. The van der Waals surface area contributed by atoms with Gasteiger partial charge in [0.1, 0.15) is 5.82 Å². The van der Waals surface area contributed by atoms with Gasteiger partial charge in [-0.1, -0.05) is 0 Å². The van der Waals surface area contributed by atoms with Crippen molar-refractivity contribution >= 4 is 11.8 Å². The number of hydrogen-bond acceptors (Lipinski definition) is 4. The Morgan fingerprint density at radius 3 is 2.57 bits per heavy atom. The van der Waals surface area contributed by atoms with Crippen LogP contribution in [0.25, 0.3) is 0 Å². The molecule has 1 aromatic rings. The van der Waals surface area contributed by atoms with Gasteiger partial charge in [0, 0.05) is 19.3 Å². The summed E-state index contributed by atoms with van der Waals surface area (Å²) in [5.41, 5.74) is -1.40. The maximum absolute atomic E-state index is 12.6.